The Bertz CT molecular complexity index is 799. The summed E-state index contributed by atoms with van der Waals surface area (Å²) in [5.41, 5.74) is 1.75. The van der Waals surface area contributed by atoms with Crippen LogP contribution in [0.1, 0.15) is 31.4 Å². The summed E-state index contributed by atoms with van der Waals surface area (Å²) in [6.07, 6.45) is 5.34. The van der Waals surface area contributed by atoms with E-state index < -0.39 is 0 Å². The van der Waals surface area contributed by atoms with Crippen molar-refractivity contribution in [2.75, 3.05) is 5.32 Å². The number of nitrogens with zero attached hydrogens (tertiary/aromatic N) is 6. The van der Waals surface area contributed by atoms with E-state index in [-0.39, 0.29) is 6.04 Å². The molecule has 0 spiro atoms. The molecule has 3 rings (SSSR count). The van der Waals surface area contributed by atoms with E-state index in [2.05, 4.69) is 39.2 Å². The normalized spacial score (nSPS) is 13.0. The Morgan fingerprint density at radius 1 is 1.14 bits per heavy atom. The van der Waals surface area contributed by atoms with Gasteiger partial charge in [0.2, 0.25) is 0 Å². The lowest BCUT2D eigenvalue weighted by atomic mass is 10.0. The molecule has 0 fully saturated rings. The van der Waals surface area contributed by atoms with Crippen LogP contribution in [-0.2, 0) is 14.1 Å². The van der Waals surface area contributed by atoms with E-state index in [1.54, 1.807) is 11.0 Å². The van der Waals surface area contributed by atoms with Crippen LogP contribution < -0.4 is 5.32 Å². The van der Waals surface area contributed by atoms with Crippen molar-refractivity contribution in [1.29, 1.82) is 0 Å². The maximum Gasteiger partial charge on any atom is 0.163 e. The van der Waals surface area contributed by atoms with Gasteiger partial charge in [-0.2, -0.15) is 5.10 Å². The smallest absolute Gasteiger partial charge is 0.163 e. The highest BCUT2D eigenvalue weighted by Gasteiger charge is 2.22. The van der Waals surface area contributed by atoms with E-state index >= 15 is 0 Å². The van der Waals surface area contributed by atoms with Gasteiger partial charge in [-0.3, -0.25) is 4.68 Å². The molecule has 22 heavy (non-hydrogen) atoms. The van der Waals surface area contributed by atoms with Crippen molar-refractivity contribution in [3.8, 4) is 0 Å². The molecule has 0 aliphatic heterocycles. The van der Waals surface area contributed by atoms with Gasteiger partial charge in [0.05, 0.1) is 17.1 Å². The van der Waals surface area contributed by atoms with E-state index in [4.69, 9.17) is 0 Å². The van der Waals surface area contributed by atoms with Crippen molar-refractivity contribution in [3.05, 3.63) is 30.2 Å². The standard InChI is InChI=1S/C15H21N7/c1-9(2)12(15-16-6-7-21(15)4)19-13-11-10(3)20-22(5)14(11)18-8-17-13/h6-9,12H,1-5H3,(H,17,18,19). The first kappa shape index (κ1) is 14.5. The summed E-state index contributed by atoms with van der Waals surface area (Å²) in [5, 5.41) is 8.93. The molecule has 0 bridgehead atoms. The van der Waals surface area contributed by atoms with Crippen LogP contribution in [0.25, 0.3) is 11.0 Å². The lowest BCUT2D eigenvalue weighted by molar-refractivity contribution is 0.507. The van der Waals surface area contributed by atoms with E-state index in [0.717, 1.165) is 28.4 Å². The number of fused-ring (bicyclic) bond motifs is 1. The highest BCUT2D eigenvalue weighted by atomic mass is 15.3. The summed E-state index contributed by atoms with van der Waals surface area (Å²) in [6, 6.07) is 0.0673. The van der Waals surface area contributed by atoms with Gasteiger partial charge in [0.1, 0.15) is 18.0 Å². The van der Waals surface area contributed by atoms with Crippen LogP contribution >= 0.6 is 0 Å². The van der Waals surface area contributed by atoms with Crippen LogP contribution in [-0.4, -0.2) is 29.3 Å². The minimum atomic E-state index is 0.0673. The first-order valence-electron chi connectivity index (χ1n) is 7.37. The predicted molar refractivity (Wildman–Crippen MR) is 85.5 cm³/mol. The SMILES string of the molecule is Cc1nn(C)c2ncnc(NC(c3nccn3C)C(C)C)c12. The molecule has 0 saturated heterocycles. The molecule has 0 aliphatic rings. The number of hydrogen-bond donors (Lipinski definition) is 1. The molecule has 0 radical (unpaired) electrons. The molecule has 3 heterocycles. The fourth-order valence-electron chi connectivity index (χ4n) is 2.74. The van der Waals surface area contributed by atoms with Gasteiger partial charge in [0.25, 0.3) is 0 Å². The summed E-state index contributed by atoms with van der Waals surface area (Å²) in [6.45, 7) is 6.31. The van der Waals surface area contributed by atoms with Crippen LogP contribution in [0.2, 0.25) is 0 Å². The van der Waals surface area contributed by atoms with E-state index in [1.165, 1.54) is 0 Å². The fraction of sp³-hybridized carbons (Fsp3) is 0.467. The third-order valence-electron chi connectivity index (χ3n) is 3.89. The molecular formula is C15H21N7. The van der Waals surface area contributed by atoms with Gasteiger partial charge in [-0.1, -0.05) is 13.8 Å². The number of imidazole rings is 1. The minimum absolute atomic E-state index is 0.0673. The second-order valence-corrected chi connectivity index (χ2v) is 5.89. The molecule has 116 valence electrons. The zero-order valence-electron chi connectivity index (χ0n) is 13.6. The summed E-state index contributed by atoms with van der Waals surface area (Å²) in [4.78, 5) is 13.2. The van der Waals surface area contributed by atoms with Gasteiger partial charge in [0, 0.05) is 26.5 Å². The number of anilines is 1. The molecule has 0 amide bonds. The van der Waals surface area contributed by atoms with Crippen LogP contribution in [0.3, 0.4) is 0 Å². The maximum absolute atomic E-state index is 4.48. The largest absolute Gasteiger partial charge is 0.359 e. The van der Waals surface area contributed by atoms with Crippen LogP contribution in [0.15, 0.2) is 18.7 Å². The van der Waals surface area contributed by atoms with Gasteiger partial charge in [-0.05, 0) is 12.8 Å². The molecular weight excluding hydrogens is 278 g/mol. The Morgan fingerprint density at radius 3 is 2.55 bits per heavy atom. The number of rotatable bonds is 4. The van der Waals surface area contributed by atoms with Crippen LogP contribution in [0.5, 0.6) is 0 Å². The van der Waals surface area contributed by atoms with Crippen molar-refractivity contribution < 1.29 is 0 Å². The Balaban J connectivity index is 2.06. The Hall–Kier alpha value is -2.44. The zero-order chi connectivity index (χ0) is 15.9. The molecule has 1 atom stereocenters. The quantitative estimate of drug-likeness (QED) is 0.799. The van der Waals surface area contributed by atoms with Crippen LogP contribution in [0, 0.1) is 12.8 Å². The zero-order valence-corrected chi connectivity index (χ0v) is 13.6. The molecule has 7 nitrogen and oxygen atoms in total. The highest BCUT2D eigenvalue weighted by Crippen LogP contribution is 2.29. The molecule has 0 saturated carbocycles. The second kappa shape index (κ2) is 5.40. The number of aromatic nitrogens is 6. The number of aryl methyl sites for hydroxylation is 3. The van der Waals surface area contributed by atoms with Gasteiger partial charge in [-0.25, -0.2) is 15.0 Å². The third kappa shape index (κ3) is 2.32. The first-order valence-corrected chi connectivity index (χ1v) is 7.37. The molecule has 3 aromatic heterocycles. The first-order chi connectivity index (χ1) is 10.5. The summed E-state index contributed by atoms with van der Waals surface area (Å²) in [5.74, 6) is 2.16. The highest BCUT2D eigenvalue weighted by molar-refractivity contribution is 5.89. The summed E-state index contributed by atoms with van der Waals surface area (Å²) < 4.78 is 3.81. The average Bonchev–Trinajstić information content (AvgIpc) is 3.01. The Kier molecular flexibility index (Phi) is 3.56. The topological polar surface area (TPSA) is 73.5 Å². The number of hydrogen-bond acceptors (Lipinski definition) is 5. The molecule has 7 heteroatoms. The van der Waals surface area contributed by atoms with Gasteiger partial charge in [-0.15, -0.1) is 0 Å². The fourth-order valence-corrected chi connectivity index (χ4v) is 2.74. The Morgan fingerprint density at radius 2 is 1.91 bits per heavy atom. The van der Waals surface area contributed by atoms with E-state index in [1.807, 2.05) is 38.0 Å². The van der Waals surface area contributed by atoms with Gasteiger partial charge >= 0.3 is 0 Å². The summed E-state index contributed by atoms with van der Waals surface area (Å²) in [7, 11) is 3.90. The minimum Gasteiger partial charge on any atom is -0.359 e. The van der Waals surface area contributed by atoms with Gasteiger partial charge < -0.3 is 9.88 Å². The van der Waals surface area contributed by atoms with Gasteiger partial charge in [0.15, 0.2) is 5.65 Å². The van der Waals surface area contributed by atoms with E-state index in [9.17, 15) is 0 Å². The Labute approximate surface area is 129 Å². The predicted octanol–water partition coefficient (Wildman–Crippen LogP) is 2.21. The van der Waals surface area contributed by atoms with Crippen molar-refractivity contribution in [3.63, 3.8) is 0 Å². The second-order valence-electron chi connectivity index (χ2n) is 5.89. The third-order valence-corrected chi connectivity index (χ3v) is 3.89. The van der Waals surface area contributed by atoms with Crippen molar-refractivity contribution >= 4 is 16.9 Å². The molecule has 0 aromatic carbocycles. The molecule has 1 unspecified atom stereocenters. The average molecular weight is 299 g/mol. The lowest BCUT2D eigenvalue weighted by Crippen LogP contribution is -2.21. The monoisotopic (exact) mass is 299 g/mol. The van der Waals surface area contributed by atoms with Crippen molar-refractivity contribution in [2.24, 2.45) is 20.0 Å². The summed E-state index contributed by atoms with van der Waals surface area (Å²) >= 11 is 0. The van der Waals surface area contributed by atoms with Crippen molar-refractivity contribution in [2.45, 2.75) is 26.8 Å². The maximum atomic E-state index is 4.48. The number of nitrogens with one attached hydrogen (secondary N) is 1. The van der Waals surface area contributed by atoms with E-state index in [0.29, 0.717) is 5.92 Å². The lowest BCUT2D eigenvalue weighted by Gasteiger charge is -2.23. The molecule has 1 N–H and O–H groups in total. The molecule has 3 aromatic rings. The molecule has 0 aliphatic carbocycles. The van der Waals surface area contributed by atoms with Crippen molar-refractivity contribution in [1.82, 2.24) is 29.3 Å². The van der Waals surface area contributed by atoms with Crippen LogP contribution in [0.4, 0.5) is 5.82 Å².